The summed E-state index contributed by atoms with van der Waals surface area (Å²) in [4.78, 5) is 0. The van der Waals surface area contributed by atoms with Gasteiger partial charge in [0, 0.05) is 10.1 Å². The van der Waals surface area contributed by atoms with Crippen LogP contribution in [0.4, 0.5) is 10.7 Å². The molecule has 0 atom stereocenters. The van der Waals surface area contributed by atoms with E-state index < -0.39 is 0 Å². The van der Waals surface area contributed by atoms with Crippen molar-refractivity contribution in [1.29, 1.82) is 5.26 Å². The highest BCUT2D eigenvalue weighted by atomic mass is 32.1. The number of nitrogen functional groups attached to an aromatic ring is 2. The second-order valence-corrected chi connectivity index (χ2v) is 4.09. The third kappa shape index (κ3) is 1.19. The third-order valence-electron chi connectivity index (χ3n) is 2.14. The molecule has 0 fully saturated rings. The van der Waals surface area contributed by atoms with Gasteiger partial charge in [0.2, 0.25) is 0 Å². The molecule has 0 aliphatic carbocycles. The van der Waals surface area contributed by atoms with Crippen molar-refractivity contribution in [3.63, 3.8) is 0 Å². The van der Waals surface area contributed by atoms with Gasteiger partial charge in [-0.3, -0.25) is 0 Å². The molecule has 1 aromatic carbocycles. The lowest BCUT2D eigenvalue weighted by atomic mass is 10.1. The number of hydrogen-bond donors (Lipinski definition) is 2. The Morgan fingerprint density at radius 3 is 2.86 bits per heavy atom. The largest absolute Gasteiger partial charge is 0.396 e. The molecule has 0 unspecified atom stereocenters. The van der Waals surface area contributed by atoms with Gasteiger partial charge in [0.05, 0.1) is 18.2 Å². The summed E-state index contributed by atoms with van der Waals surface area (Å²) in [5.41, 5.74) is 13.1. The number of nitrogens with zero attached hydrogens (tertiary/aromatic N) is 1. The highest BCUT2D eigenvalue weighted by Gasteiger charge is 2.09. The Morgan fingerprint density at radius 2 is 2.14 bits per heavy atom. The van der Waals surface area contributed by atoms with Crippen LogP contribution in [0.15, 0.2) is 18.2 Å². The Labute approximate surface area is 85.6 Å². The molecule has 14 heavy (non-hydrogen) atoms. The number of nitriles is 1. The highest BCUT2D eigenvalue weighted by molar-refractivity contribution is 7.23. The fourth-order valence-electron chi connectivity index (χ4n) is 1.50. The Morgan fingerprint density at radius 1 is 1.36 bits per heavy atom. The zero-order valence-corrected chi connectivity index (χ0v) is 8.27. The molecule has 70 valence electrons. The van der Waals surface area contributed by atoms with E-state index in [1.807, 2.05) is 18.2 Å². The van der Waals surface area contributed by atoms with Gasteiger partial charge < -0.3 is 11.5 Å². The summed E-state index contributed by atoms with van der Waals surface area (Å²) in [6, 6.07) is 7.92. The van der Waals surface area contributed by atoms with Gasteiger partial charge in [0.1, 0.15) is 5.00 Å². The zero-order valence-electron chi connectivity index (χ0n) is 7.45. The molecular weight excluding hydrogens is 194 g/mol. The molecule has 2 rings (SSSR count). The monoisotopic (exact) mass is 203 g/mol. The zero-order chi connectivity index (χ0) is 10.1. The summed E-state index contributed by atoms with van der Waals surface area (Å²) in [6.07, 6.45) is 0.373. The molecule has 3 nitrogen and oxygen atoms in total. The topological polar surface area (TPSA) is 75.8 Å². The van der Waals surface area contributed by atoms with Crippen LogP contribution in [0.25, 0.3) is 10.1 Å². The van der Waals surface area contributed by atoms with E-state index >= 15 is 0 Å². The van der Waals surface area contributed by atoms with Gasteiger partial charge in [-0.15, -0.1) is 11.3 Å². The highest BCUT2D eigenvalue weighted by Crippen LogP contribution is 2.37. The number of nitrogens with two attached hydrogens (primary N) is 2. The lowest BCUT2D eigenvalue weighted by molar-refractivity contribution is 1.29. The van der Waals surface area contributed by atoms with Crippen molar-refractivity contribution in [2.24, 2.45) is 0 Å². The first kappa shape index (κ1) is 8.85. The van der Waals surface area contributed by atoms with Crippen molar-refractivity contribution in [2.45, 2.75) is 6.42 Å². The molecule has 0 amide bonds. The second kappa shape index (κ2) is 3.20. The third-order valence-corrected chi connectivity index (χ3v) is 3.14. The molecule has 0 saturated heterocycles. The molecule has 0 aliphatic rings. The molecule has 0 bridgehead atoms. The molecule has 0 aliphatic heterocycles. The molecule has 0 radical (unpaired) electrons. The predicted octanol–water partition coefficient (Wildman–Crippen LogP) is 2.13. The Bertz CT molecular complexity index is 522. The maximum atomic E-state index is 8.66. The lowest BCUT2D eigenvalue weighted by Gasteiger charge is -1.98. The number of thiophene rings is 1. The van der Waals surface area contributed by atoms with Crippen LogP contribution in [0.5, 0.6) is 0 Å². The Kier molecular flexibility index (Phi) is 2.02. The summed E-state index contributed by atoms with van der Waals surface area (Å²) in [7, 11) is 0. The lowest BCUT2D eigenvalue weighted by Crippen LogP contribution is -1.91. The smallest absolute Gasteiger partial charge is 0.110 e. The van der Waals surface area contributed by atoms with Gasteiger partial charge in [0.25, 0.3) is 0 Å². The predicted molar refractivity (Wildman–Crippen MR) is 60.0 cm³/mol. The van der Waals surface area contributed by atoms with Crippen molar-refractivity contribution in [1.82, 2.24) is 0 Å². The second-order valence-electron chi connectivity index (χ2n) is 3.01. The van der Waals surface area contributed by atoms with Crippen LogP contribution < -0.4 is 11.5 Å². The van der Waals surface area contributed by atoms with Crippen LogP contribution in [-0.2, 0) is 6.42 Å². The van der Waals surface area contributed by atoms with Crippen molar-refractivity contribution in [3.8, 4) is 6.07 Å². The molecule has 1 aromatic heterocycles. The van der Waals surface area contributed by atoms with Crippen LogP contribution in [0.1, 0.15) is 5.56 Å². The maximum absolute atomic E-state index is 8.66. The standard InChI is InChI=1S/C10H9N3S/c11-5-4-6-2-1-3-7-8(6)9(12)10(13)14-7/h1-3H,4,12-13H2. The van der Waals surface area contributed by atoms with E-state index in [0.29, 0.717) is 17.1 Å². The average molecular weight is 203 g/mol. The minimum atomic E-state index is 0.373. The average Bonchev–Trinajstić information content (AvgIpc) is 2.45. The molecule has 2 aromatic rings. The fraction of sp³-hybridized carbons (Fsp3) is 0.100. The van der Waals surface area contributed by atoms with Crippen LogP contribution >= 0.6 is 11.3 Å². The molecule has 4 N–H and O–H groups in total. The van der Waals surface area contributed by atoms with Crippen LogP contribution in [-0.4, -0.2) is 0 Å². The number of fused-ring (bicyclic) bond motifs is 1. The molecule has 1 heterocycles. The van der Waals surface area contributed by atoms with E-state index in [-0.39, 0.29) is 0 Å². The molecule has 4 heteroatoms. The Balaban J connectivity index is 2.79. The maximum Gasteiger partial charge on any atom is 0.110 e. The van der Waals surface area contributed by atoms with Gasteiger partial charge in [-0.1, -0.05) is 12.1 Å². The van der Waals surface area contributed by atoms with Gasteiger partial charge in [-0.2, -0.15) is 5.26 Å². The summed E-state index contributed by atoms with van der Waals surface area (Å²) in [6.45, 7) is 0. The van der Waals surface area contributed by atoms with Crippen molar-refractivity contribution >= 4 is 32.1 Å². The molecule has 0 spiro atoms. The quantitative estimate of drug-likeness (QED) is 0.745. The van der Waals surface area contributed by atoms with Crippen LogP contribution in [0.3, 0.4) is 0 Å². The molecular formula is C10H9N3S. The van der Waals surface area contributed by atoms with Gasteiger partial charge in [-0.25, -0.2) is 0 Å². The molecule has 0 saturated carbocycles. The number of benzene rings is 1. The minimum absolute atomic E-state index is 0.373. The van der Waals surface area contributed by atoms with Gasteiger partial charge in [-0.05, 0) is 11.6 Å². The first-order valence-electron chi connectivity index (χ1n) is 4.16. The summed E-state index contributed by atoms with van der Waals surface area (Å²) < 4.78 is 1.05. The SMILES string of the molecule is N#CCc1cccc2sc(N)c(N)c12. The van der Waals surface area contributed by atoms with E-state index in [1.54, 1.807) is 0 Å². The van der Waals surface area contributed by atoms with Crippen LogP contribution in [0, 0.1) is 11.3 Å². The number of rotatable bonds is 1. The summed E-state index contributed by atoms with van der Waals surface area (Å²) in [5, 5.41) is 10.2. The van der Waals surface area contributed by atoms with Crippen molar-refractivity contribution < 1.29 is 0 Å². The first-order valence-corrected chi connectivity index (χ1v) is 4.98. The van der Waals surface area contributed by atoms with Gasteiger partial charge in [0.15, 0.2) is 0 Å². The Hall–Kier alpha value is -1.73. The van der Waals surface area contributed by atoms with E-state index in [4.69, 9.17) is 16.7 Å². The van der Waals surface area contributed by atoms with E-state index in [0.717, 1.165) is 15.6 Å². The van der Waals surface area contributed by atoms with E-state index in [2.05, 4.69) is 6.07 Å². The van der Waals surface area contributed by atoms with Crippen molar-refractivity contribution in [2.75, 3.05) is 11.5 Å². The summed E-state index contributed by atoms with van der Waals surface area (Å²) >= 11 is 1.46. The van der Waals surface area contributed by atoms with Crippen LogP contribution in [0.2, 0.25) is 0 Å². The first-order chi connectivity index (χ1) is 6.74. The summed E-state index contributed by atoms with van der Waals surface area (Å²) in [5.74, 6) is 0. The van der Waals surface area contributed by atoms with E-state index in [1.165, 1.54) is 11.3 Å². The minimum Gasteiger partial charge on any atom is -0.396 e. The fourth-order valence-corrected chi connectivity index (χ4v) is 2.44. The van der Waals surface area contributed by atoms with Gasteiger partial charge >= 0.3 is 0 Å². The van der Waals surface area contributed by atoms with Crippen molar-refractivity contribution in [3.05, 3.63) is 23.8 Å². The number of anilines is 2. The number of hydrogen-bond acceptors (Lipinski definition) is 4. The normalized spacial score (nSPS) is 10.2. The van der Waals surface area contributed by atoms with E-state index in [9.17, 15) is 0 Å².